The molecule has 1 aromatic heterocycles. The van der Waals surface area contributed by atoms with Crippen LogP contribution in [0.15, 0.2) is 36.7 Å². The van der Waals surface area contributed by atoms with Crippen LogP contribution in [0.1, 0.15) is 18.5 Å². The minimum absolute atomic E-state index is 0. The summed E-state index contributed by atoms with van der Waals surface area (Å²) in [5.74, 6) is -0.312. The van der Waals surface area contributed by atoms with Crippen molar-refractivity contribution in [2.24, 2.45) is 5.73 Å². The number of aromatic nitrogens is 2. The molecule has 2 rings (SSSR count). The van der Waals surface area contributed by atoms with Crippen LogP contribution < -0.4 is 5.73 Å². The van der Waals surface area contributed by atoms with Gasteiger partial charge in [-0.15, -0.1) is 12.4 Å². The summed E-state index contributed by atoms with van der Waals surface area (Å²) in [6.07, 6.45) is 3.31. The monoisotopic (exact) mass is 241 g/mol. The zero-order valence-electron chi connectivity index (χ0n) is 8.80. The highest BCUT2D eigenvalue weighted by Gasteiger charge is 2.07. The van der Waals surface area contributed by atoms with Gasteiger partial charge in [-0.25, -0.2) is 9.07 Å². The van der Waals surface area contributed by atoms with Gasteiger partial charge in [0, 0.05) is 18.4 Å². The van der Waals surface area contributed by atoms with Crippen molar-refractivity contribution in [3.05, 3.63) is 48.0 Å². The smallest absolute Gasteiger partial charge is 0.149 e. The fourth-order valence-corrected chi connectivity index (χ4v) is 1.40. The van der Waals surface area contributed by atoms with E-state index in [0.717, 1.165) is 5.56 Å². The van der Waals surface area contributed by atoms with Gasteiger partial charge in [-0.05, 0) is 30.7 Å². The molecular weight excluding hydrogens is 229 g/mol. The second kappa shape index (κ2) is 5.09. The molecule has 86 valence electrons. The summed E-state index contributed by atoms with van der Waals surface area (Å²) in [7, 11) is 0. The molecule has 0 spiro atoms. The molecule has 0 aliphatic carbocycles. The van der Waals surface area contributed by atoms with Crippen molar-refractivity contribution < 1.29 is 4.39 Å². The molecule has 1 unspecified atom stereocenters. The summed E-state index contributed by atoms with van der Waals surface area (Å²) in [6.45, 7) is 1.82. The first kappa shape index (κ1) is 12.7. The van der Waals surface area contributed by atoms with Crippen molar-refractivity contribution in [2.45, 2.75) is 13.0 Å². The summed E-state index contributed by atoms with van der Waals surface area (Å²) in [5, 5.41) is 3.97. The molecule has 0 radical (unpaired) electrons. The molecule has 0 saturated carbocycles. The van der Waals surface area contributed by atoms with E-state index in [1.807, 2.05) is 13.0 Å². The first-order valence-electron chi connectivity index (χ1n) is 4.73. The first-order chi connectivity index (χ1) is 7.18. The van der Waals surface area contributed by atoms with Crippen molar-refractivity contribution in [1.82, 2.24) is 9.78 Å². The second-order valence-electron chi connectivity index (χ2n) is 3.45. The van der Waals surface area contributed by atoms with Gasteiger partial charge in [-0.3, -0.25) is 0 Å². The van der Waals surface area contributed by atoms with Crippen LogP contribution in [0, 0.1) is 5.82 Å². The number of halogens is 2. The number of nitrogens with two attached hydrogens (primary N) is 1. The Hall–Kier alpha value is -1.39. The third-order valence-electron chi connectivity index (χ3n) is 2.25. The predicted octanol–water partition coefficient (Wildman–Crippen LogP) is 2.45. The summed E-state index contributed by atoms with van der Waals surface area (Å²) in [5.41, 5.74) is 6.88. The lowest BCUT2D eigenvalue weighted by Crippen LogP contribution is -2.06. The molecule has 2 aromatic rings. The van der Waals surface area contributed by atoms with E-state index >= 15 is 0 Å². The zero-order valence-corrected chi connectivity index (χ0v) is 9.62. The molecule has 0 amide bonds. The third kappa shape index (κ3) is 2.40. The van der Waals surface area contributed by atoms with Gasteiger partial charge >= 0.3 is 0 Å². The molecule has 0 fully saturated rings. The Balaban J connectivity index is 0.00000128. The first-order valence-corrected chi connectivity index (χ1v) is 4.73. The second-order valence-corrected chi connectivity index (χ2v) is 3.45. The number of rotatable bonds is 2. The van der Waals surface area contributed by atoms with E-state index in [2.05, 4.69) is 5.10 Å². The summed E-state index contributed by atoms with van der Waals surface area (Å²) in [4.78, 5) is 0. The fraction of sp³-hybridized carbons (Fsp3) is 0.182. The van der Waals surface area contributed by atoms with E-state index in [1.165, 1.54) is 10.7 Å². The van der Waals surface area contributed by atoms with Crippen molar-refractivity contribution in [3.8, 4) is 5.69 Å². The lowest BCUT2D eigenvalue weighted by Gasteiger charge is -2.08. The van der Waals surface area contributed by atoms with Gasteiger partial charge in [0.05, 0.1) is 0 Å². The standard InChI is InChI=1S/C11H12FN3.ClH/c1-8(13)9-3-4-11(10(12)7-9)15-6-2-5-14-15;/h2-8H,13H2,1H3;1H. The maximum atomic E-state index is 13.7. The van der Waals surface area contributed by atoms with Crippen molar-refractivity contribution in [1.29, 1.82) is 0 Å². The highest BCUT2D eigenvalue weighted by Crippen LogP contribution is 2.17. The van der Waals surface area contributed by atoms with Gasteiger partial charge in [0.2, 0.25) is 0 Å². The summed E-state index contributed by atoms with van der Waals surface area (Å²) < 4.78 is 15.1. The lowest BCUT2D eigenvalue weighted by molar-refractivity contribution is 0.606. The van der Waals surface area contributed by atoms with Crippen molar-refractivity contribution >= 4 is 12.4 Å². The van der Waals surface area contributed by atoms with Crippen LogP contribution in [-0.2, 0) is 0 Å². The average Bonchev–Trinajstić information content (AvgIpc) is 2.70. The number of hydrogen-bond donors (Lipinski definition) is 1. The summed E-state index contributed by atoms with van der Waals surface area (Å²) in [6, 6.07) is 6.53. The van der Waals surface area contributed by atoms with E-state index in [4.69, 9.17) is 5.73 Å². The van der Waals surface area contributed by atoms with Gasteiger partial charge in [0.1, 0.15) is 11.5 Å². The molecule has 1 atom stereocenters. The van der Waals surface area contributed by atoms with Gasteiger partial charge in [0.25, 0.3) is 0 Å². The molecule has 1 aromatic carbocycles. The fourth-order valence-electron chi connectivity index (χ4n) is 1.40. The minimum atomic E-state index is -0.312. The Morgan fingerprint density at radius 3 is 2.69 bits per heavy atom. The molecule has 2 N–H and O–H groups in total. The van der Waals surface area contributed by atoms with Crippen LogP contribution in [0.3, 0.4) is 0 Å². The molecule has 1 heterocycles. The summed E-state index contributed by atoms with van der Waals surface area (Å²) >= 11 is 0. The number of hydrogen-bond acceptors (Lipinski definition) is 2. The van der Waals surface area contributed by atoms with E-state index < -0.39 is 0 Å². The Morgan fingerprint density at radius 1 is 1.44 bits per heavy atom. The third-order valence-corrected chi connectivity index (χ3v) is 2.25. The highest BCUT2D eigenvalue weighted by molar-refractivity contribution is 5.85. The van der Waals surface area contributed by atoms with Crippen LogP contribution in [0.4, 0.5) is 4.39 Å². The van der Waals surface area contributed by atoms with Crippen LogP contribution >= 0.6 is 12.4 Å². The molecule has 16 heavy (non-hydrogen) atoms. The Morgan fingerprint density at radius 2 is 2.19 bits per heavy atom. The van der Waals surface area contributed by atoms with E-state index in [1.54, 1.807) is 24.5 Å². The number of nitrogens with zero attached hydrogens (tertiary/aromatic N) is 2. The normalized spacial score (nSPS) is 11.9. The van der Waals surface area contributed by atoms with Gasteiger partial charge in [0.15, 0.2) is 0 Å². The SMILES string of the molecule is CC(N)c1ccc(-n2cccn2)c(F)c1.Cl. The van der Waals surface area contributed by atoms with E-state index in [0.29, 0.717) is 5.69 Å². The molecule has 0 aliphatic heterocycles. The lowest BCUT2D eigenvalue weighted by atomic mass is 10.1. The maximum absolute atomic E-state index is 13.7. The molecule has 0 saturated heterocycles. The average molecular weight is 242 g/mol. The van der Waals surface area contributed by atoms with Crippen molar-refractivity contribution in [3.63, 3.8) is 0 Å². The number of benzene rings is 1. The molecule has 0 aliphatic rings. The van der Waals surface area contributed by atoms with Gasteiger partial charge in [-0.1, -0.05) is 6.07 Å². The van der Waals surface area contributed by atoms with E-state index in [-0.39, 0.29) is 24.3 Å². The zero-order chi connectivity index (χ0) is 10.8. The van der Waals surface area contributed by atoms with Gasteiger partial charge in [-0.2, -0.15) is 5.10 Å². The Labute approximate surface area is 99.5 Å². The minimum Gasteiger partial charge on any atom is -0.324 e. The highest BCUT2D eigenvalue weighted by atomic mass is 35.5. The molecule has 3 nitrogen and oxygen atoms in total. The molecule has 0 bridgehead atoms. The van der Waals surface area contributed by atoms with E-state index in [9.17, 15) is 4.39 Å². The molecular formula is C11H13ClFN3. The van der Waals surface area contributed by atoms with Crippen molar-refractivity contribution in [2.75, 3.05) is 0 Å². The van der Waals surface area contributed by atoms with Gasteiger partial charge < -0.3 is 5.73 Å². The van der Waals surface area contributed by atoms with Crippen LogP contribution in [-0.4, -0.2) is 9.78 Å². The maximum Gasteiger partial charge on any atom is 0.149 e. The largest absolute Gasteiger partial charge is 0.324 e. The van der Waals surface area contributed by atoms with Crippen LogP contribution in [0.2, 0.25) is 0 Å². The van der Waals surface area contributed by atoms with Crippen LogP contribution in [0.5, 0.6) is 0 Å². The van der Waals surface area contributed by atoms with Crippen LogP contribution in [0.25, 0.3) is 5.69 Å². The predicted molar refractivity (Wildman–Crippen MR) is 63.4 cm³/mol. The molecule has 5 heteroatoms. The quantitative estimate of drug-likeness (QED) is 0.878. The Kier molecular flexibility index (Phi) is 4.04. The Bertz CT molecular complexity index is 454. The topological polar surface area (TPSA) is 43.8 Å².